The highest BCUT2D eigenvalue weighted by atomic mass is 32.1. The Morgan fingerprint density at radius 3 is 2.37 bits per heavy atom. The second-order valence-electron chi connectivity index (χ2n) is 8.95. The summed E-state index contributed by atoms with van der Waals surface area (Å²) in [4.78, 5) is 13.9. The molecule has 0 aliphatic heterocycles. The quantitative estimate of drug-likeness (QED) is 0.294. The molecule has 1 atom stereocenters. The molecule has 0 spiro atoms. The highest BCUT2D eigenvalue weighted by Gasteiger charge is 2.25. The Hall–Kier alpha value is -3.71. The molecular weight excluding hydrogens is 456 g/mol. The van der Waals surface area contributed by atoms with E-state index in [4.69, 9.17) is 0 Å². The number of anilines is 1. The third kappa shape index (κ3) is 5.05. The molecule has 0 saturated carbocycles. The van der Waals surface area contributed by atoms with E-state index in [2.05, 4.69) is 71.7 Å². The van der Waals surface area contributed by atoms with Crippen molar-refractivity contribution in [3.63, 3.8) is 0 Å². The van der Waals surface area contributed by atoms with Gasteiger partial charge in [0, 0.05) is 28.5 Å². The molecule has 0 aliphatic carbocycles. The van der Waals surface area contributed by atoms with Crippen molar-refractivity contribution in [1.82, 2.24) is 14.8 Å². The Kier molecular flexibility index (Phi) is 6.89. The zero-order valence-corrected chi connectivity index (χ0v) is 21.5. The van der Waals surface area contributed by atoms with Crippen LogP contribution in [-0.2, 0) is 4.79 Å². The zero-order valence-electron chi connectivity index (χ0n) is 20.7. The summed E-state index contributed by atoms with van der Waals surface area (Å²) < 4.78 is 2.07. The van der Waals surface area contributed by atoms with Crippen LogP contribution in [0.15, 0.2) is 55.1 Å². The smallest absolute Gasteiger partial charge is 0.225 e. The molecule has 2 heterocycles. The van der Waals surface area contributed by atoms with E-state index < -0.39 is 0 Å². The lowest BCUT2D eigenvalue weighted by Crippen LogP contribution is -2.16. The number of aryl methyl sites for hydroxylation is 3. The van der Waals surface area contributed by atoms with E-state index in [1.54, 1.807) is 35.6 Å². The molecule has 7 heteroatoms. The van der Waals surface area contributed by atoms with Crippen molar-refractivity contribution >= 4 is 28.5 Å². The maximum atomic E-state index is 12.7. The van der Waals surface area contributed by atoms with Gasteiger partial charge in [-0.1, -0.05) is 43.3 Å². The average Bonchev–Trinajstić information content (AvgIpc) is 3.34. The Labute approximate surface area is 210 Å². The first-order valence-electron chi connectivity index (χ1n) is 11.5. The summed E-state index contributed by atoms with van der Waals surface area (Å²) in [6, 6.07) is 14.8. The fourth-order valence-electron chi connectivity index (χ4n) is 4.10. The molecule has 0 radical (unpaired) electrons. The predicted molar refractivity (Wildman–Crippen MR) is 143 cm³/mol. The van der Waals surface area contributed by atoms with Gasteiger partial charge in [-0.2, -0.15) is 0 Å². The van der Waals surface area contributed by atoms with Gasteiger partial charge in [-0.3, -0.25) is 9.36 Å². The normalized spacial score (nSPS) is 11.9. The number of phenols is 1. The van der Waals surface area contributed by atoms with Crippen molar-refractivity contribution in [2.45, 2.75) is 47.0 Å². The van der Waals surface area contributed by atoms with Crippen molar-refractivity contribution in [2.75, 3.05) is 5.32 Å². The minimum atomic E-state index is -0.170. The molecule has 0 bridgehead atoms. The van der Waals surface area contributed by atoms with E-state index in [0.717, 1.165) is 33.3 Å². The van der Waals surface area contributed by atoms with Gasteiger partial charge in [0.2, 0.25) is 5.91 Å². The maximum Gasteiger partial charge on any atom is 0.225 e. The molecule has 35 heavy (non-hydrogen) atoms. The molecule has 1 amide bonds. The van der Waals surface area contributed by atoms with Gasteiger partial charge in [0.15, 0.2) is 0 Å². The van der Waals surface area contributed by atoms with Crippen LogP contribution in [-0.4, -0.2) is 25.8 Å². The Morgan fingerprint density at radius 1 is 1.06 bits per heavy atom. The highest BCUT2D eigenvalue weighted by molar-refractivity contribution is 7.15. The number of carbonyl (C=O) groups is 1. The van der Waals surface area contributed by atoms with Crippen LogP contribution in [0.2, 0.25) is 0 Å². The van der Waals surface area contributed by atoms with Gasteiger partial charge in [0.25, 0.3) is 0 Å². The molecule has 2 aromatic heterocycles. The van der Waals surface area contributed by atoms with Gasteiger partial charge in [0.1, 0.15) is 22.4 Å². The number of hydrogen-bond acceptors (Lipinski definition) is 5. The molecule has 0 saturated heterocycles. The molecule has 0 fully saturated rings. The first kappa shape index (κ1) is 24.4. The van der Waals surface area contributed by atoms with Crippen molar-refractivity contribution in [2.24, 2.45) is 0 Å². The van der Waals surface area contributed by atoms with Gasteiger partial charge in [-0.05, 0) is 68.7 Å². The molecule has 4 rings (SSSR count). The second kappa shape index (κ2) is 9.88. The van der Waals surface area contributed by atoms with Gasteiger partial charge < -0.3 is 10.4 Å². The van der Waals surface area contributed by atoms with Crippen molar-refractivity contribution < 1.29 is 9.90 Å². The van der Waals surface area contributed by atoms with Gasteiger partial charge in [0.05, 0.1) is 0 Å². The number of amides is 1. The van der Waals surface area contributed by atoms with E-state index in [-0.39, 0.29) is 24.0 Å². The number of aromatic nitrogens is 3. The van der Waals surface area contributed by atoms with E-state index in [1.165, 1.54) is 16.0 Å². The van der Waals surface area contributed by atoms with Crippen LogP contribution in [0.4, 0.5) is 5.69 Å². The number of phenolic OH excluding ortho intramolecular Hbond substituents is 1. The van der Waals surface area contributed by atoms with Crippen molar-refractivity contribution in [3.05, 3.63) is 93.9 Å². The topological polar surface area (TPSA) is 80.0 Å². The fourth-order valence-corrected chi connectivity index (χ4v) is 5.34. The van der Waals surface area contributed by atoms with Crippen LogP contribution in [0.3, 0.4) is 0 Å². The van der Waals surface area contributed by atoms with Gasteiger partial charge in [-0.25, -0.2) is 0 Å². The number of benzene rings is 2. The molecule has 4 aromatic rings. The monoisotopic (exact) mass is 486 g/mol. The summed E-state index contributed by atoms with van der Waals surface area (Å²) in [5.74, 6) is 1.37. The molecule has 2 aromatic carbocycles. The minimum Gasteiger partial charge on any atom is -0.508 e. The summed E-state index contributed by atoms with van der Waals surface area (Å²) in [5, 5.41) is 22.2. The third-order valence-electron chi connectivity index (χ3n) is 6.20. The van der Waals surface area contributed by atoms with E-state index in [9.17, 15) is 9.90 Å². The summed E-state index contributed by atoms with van der Waals surface area (Å²) in [6.07, 6.45) is 0.247. The third-order valence-corrected chi connectivity index (χ3v) is 7.40. The summed E-state index contributed by atoms with van der Waals surface area (Å²) in [5.41, 5.74) is 6.15. The second-order valence-corrected chi connectivity index (χ2v) is 10.2. The Morgan fingerprint density at radius 2 is 1.71 bits per heavy atom. The summed E-state index contributed by atoms with van der Waals surface area (Å²) in [7, 11) is 0. The number of nitrogens with one attached hydrogen (secondary N) is 1. The van der Waals surface area contributed by atoms with E-state index >= 15 is 0 Å². The number of rotatable bonds is 7. The van der Waals surface area contributed by atoms with Crippen LogP contribution in [0, 0.1) is 27.7 Å². The zero-order chi connectivity index (χ0) is 25.3. The van der Waals surface area contributed by atoms with Crippen LogP contribution < -0.4 is 5.32 Å². The maximum absolute atomic E-state index is 12.7. The summed E-state index contributed by atoms with van der Waals surface area (Å²) in [6.45, 7) is 14.7. The van der Waals surface area contributed by atoms with Crippen LogP contribution in [0.1, 0.15) is 58.0 Å². The lowest BCUT2D eigenvalue weighted by Gasteiger charge is -2.16. The first-order chi connectivity index (χ1) is 16.7. The fraction of sp³-hybridized carbons (Fsp3) is 0.250. The standard InChI is InChI=1S/C28H30N4O2S/c1-16-7-9-22(10-8-16)19(4)26-18(3)20(5)35-28(26)32-21(6)30-31-27(32)17(2)15-25(34)29-23-11-13-24(33)14-12-23/h7-14,17,33H,4,15H2,1-3,5-6H3,(H,29,34). The van der Waals surface area contributed by atoms with Crippen molar-refractivity contribution in [3.8, 4) is 10.8 Å². The SMILES string of the molecule is C=C(c1ccc(C)cc1)c1c(-n2c(C)nnc2C(C)CC(=O)Nc2ccc(O)cc2)sc(C)c1C. The molecule has 6 nitrogen and oxygen atoms in total. The van der Waals surface area contributed by atoms with Gasteiger partial charge in [-0.15, -0.1) is 21.5 Å². The van der Waals surface area contributed by atoms with E-state index in [1.807, 2.05) is 13.8 Å². The molecule has 2 N–H and O–H groups in total. The Bertz CT molecular complexity index is 1380. The minimum absolute atomic E-state index is 0.127. The number of nitrogens with zero attached hydrogens (tertiary/aromatic N) is 3. The van der Waals surface area contributed by atoms with Crippen molar-refractivity contribution in [1.29, 1.82) is 0 Å². The lowest BCUT2D eigenvalue weighted by molar-refractivity contribution is -0.116. The van der Waals surface area contributed by atoms with Crippen LogP contribution in [0.25, 0.3) is 10.6 Å². The van der Waals surface area contributed by atoms with Crippen LogP contribution in [0.5, 0.6) is 5.75 Å². The number of thiophene rings is 1. The predicted octanol–water partition coefficient (Wildman–Crippen LogP) is 6.46. The first-order valence-corrected chi connectivity index (χ1v) is 12.3. The number of hydrogen-bond donors (Lipinski definition) is 2. The van der Waals surface area contributed by atoms with E-state index in [0.29, 0.717) is 5.69 Å². The largest absolute Gasteiger partial charge is 0.508 e. The highest BCUT2D eigenvalue weighted by Crippen LogP contribution is 2.39. The van der Waals surface area contributed by atoms with Crippen LogP contribution >= 0.6 is 11.3 Å². The van der Waals surface area contributed by atoms with Gasteiger partial charge >= 0.3 is 0 Å². The summed E-state index contributed by atoms with van der Waals surface area (Å²) >= 11 is 1.69. The number of aromatic hydroxyl groups is 1. The molecule has 180 valence electrons. The molecular formula is C28H30N4O2S. The average molecular weight is 487 g/mol. The molecule has 0 aliphatic rings. The number of carbonyl (C=O) groups excluding carboxylic acids is 1. The molecule has 1 unspecified atom stereocenters. The Balaban J connectivity index is 1.66. The lowest BCUT2D eigenvalue weighted by atomic mass is 9.96.